The molecule has 10 rings (SSSR count). The van der Waals surface area contributed by atoms with Crippen LogP contribution >= 0.6 is 0 Å². The van der Waals surface area contributed by atoms with Crippen LogP contribution in [-0.4, -0.2) is 62.6 Å². The number of ether oxygens (including phenoxy) is 1. The topological polar surface area (TPSA) is 128 Å². The molecule has 2 aliphatic heterocycles. The second-order valence-corrected chi connectivity index (χ2v) is 16.6. The number of fused-ring (bicyclic) bond motifs is 6. The Bertz CT molecular complexity index is 2340. The number of halogens is 2. The standard InChI is InChI=1S/C42H43F2N7O3/c1-21(2)35(50-40(53)54-3)39(52)51-20-41(12-13-41)18-34(51)37-45-19-33(49-37)24-6-10-28-27-9-5-22(15-29(27)42(43,44)30(28)16-24)23-7-11-31-32(17-23)48-38(47-31)36-25-4-8-26(14-25)46-36/h5-7,9-11,15-17,19,21,25-26,34-36,46H,4,8,12-14,18,20H2,1-3H3,(H,45,49)(H,47,48)(H,50,53)/t25-,26+,34-,35?,36?/m0/s1. The van der Waals surface area contributed by atoms with E-state index in [0.29, 0.717) is 46.7 Å². The average molecular weight is 732 g/mol. The Balaban J connectivity index is 0.914. The lowest BCUT2D eigenvalue weighted by atomic mass is 9.98. The third-order valence-corrected chi connectivity index (χ3v) is 12.9. The molecule has 5 atom stereocenters. The Morgan fingerprint density at radius 3 is 2.35 bits per heavy atom. The molecule has 12 heteroatoms. The van der Waals surface area contributed by atoms with E-state index in [1.807, 2.05) is 49.1 Å². The largest absolute Gasteiger partial charge is 0.453 e. The molecule has 2 saturated heterocycles. The van der Waals surface area contributed by atoms with Gasteiger partial charge >= 0.3 is 6.09 Å². The Kier molecular flexibility index (Phi) is 7.41. The second kappa shape index (κ2) is 11.9. The number of carbonyl (C=O) groups excluding carboxylic acids is 2. The normalized spacial score (nSPS) is 24.7. The van der Waals surface area contributed by atoms with Crippen molar-refractivity contribution in [1.82, 2.24) is 35.5 Å². The van der Waals surface area contributed by atoms with E-state index in [9.17, 15) is 9.59 Å². The summed E-state index contributed by atoms with van der Waals surface area (Å²) >= 11 is 0. The van der Waals surface area contributed by atoms with E-state index in [4.69, 9.17) is 14.7 Å². The van der Waals surface area contributed by atoms with E-state index in [-0.39, 0.29) is 40.5 Å². The van der Waals surface area contributed by atoms with Crippen molar-refractivity contribution in [3.8, 4) is 33.5 Å². The predicted octanol–water partition coefficient (Wildman–Crippen LogP) is 7.99. The maximum absolute atomic E-state index is 16.4. The van der Waals surface area contributed by atoms with E-state index in [1.54, 1.807) is 30.5 Å². The molecule has 5 aliphatic rings. The van der Waals surface area contributed by atoms with Gasteiger partial charge in [0.15, 0.2) is 0 Å². The van der Waals surface area contributed by atoms with Crippen LogP contribution in [0.2, 0.25) is 0 Å². The number of alkyl carbamates (subject to hydrolysis) is 1. The van der Waals surface area contributed by atoms with Crippen molar-refractivity contribution in [2.75, 3.05) is 13.7 Å². The molecule has 4 fully saturated rings. The summed E-state index contributed by atoms with van der Waals surface area (Å²) in [5.74, 6) is -1.37. The molecule has 3 aliphatic carbocycles. The fraction of sp³-hybridized carbons (Fsp3) is 0.429. The van der Waals surface area contributed by atoms with Gasteiger partial charge in [-0.1, -0.05) is 44.2 Å². The first-order valence-corrected chi connectivity index (χ1v) is 19.1. The Morgan fingerprint density at radius 1 is 0.944 bits per heavy atom. The zero-order valence-corrected chi connectivity index (χ0v) is 30.5. The number of benzene rings is 3. The molecular weight excluding hydrogens is 689 g/mol. The molecule has 10 nitrogen and oxygen atoms in total. The third-order valence-electron chi connectivity index (χ3n) is 12.9. The van der Waals surface area contributed by atoms with Crippen molar-refractivity contribution < 1.29 is 23.1 Å². The van der Waals surface area contributed by atoms with Crippen LogP contribution in [0, 0.1) is 17.3 Å². The van der Waals surface area contributed by atoms with Crippen molar-refractivity contribution in [2.45, 2.75) is 82.5 Å². The Morgan fingerprint density at radius 2 is 1.67 bits per heavy atom. The predicted molar refractivity (Wildman–Crippen MR) is 199 cm³/mol. The fourth-order valence-corrected chi connectivity index (χ4v) is 9.69. The molecule has 2 saturated carbocycles. The number of carbonyl (C=O) groups is 2. The molecule has 0 radical (unpaired) electrons. The van der Waals surface area contributed by atoms with Gasteiger partial charge in [0.2, 0.25) is 5.91 Å². The highest BCUT2D eigenvalue weighted by atomic mass is 19.3. The van der Waals surface area contributed by atoms with Gasteiger partial charge in [-0.2, -0.15) is 8.78 Å². The first-order valence-electron chi connectivity index (χ1n) is 19.1. The zero-order valence-electron chi connectivity index (χ0n) is 30.5. The first-order chi connectivity index (χ1) is 26.0. The molecule has 2 unspecified atom stereocenters. The summed E-state index contributed by atoms with van der Waals surface area (Å²) in [5.41, 5.74) is 5.58. The summed E-state index contributed by atoms with van der Waals surface area (Å²) in [6, 6.07) is 16.2. The number of imidazole rings is 2. The van der Waals surface area contributed by atoms with Crippen molar-refractivity contribution in [3.63, 3.8) is 0 Å². The van der Waals surface area contributed by atoms with Crippen molar-refractivity contribution in [2.24, 2.45) is 17.3 Å². The zero-order chi connectivity index (χ0) is 37.1. The molecule has 5 aromatic rings. The van der Waals surface area contributed by atoms with Crippen LogP contribution < -0.4 is 10.6 Å². The van der Waals surface area contributed by atoms with Crippen LogP contribution in [0.25, 0.3) is 44.5 Å². The maximum Gasteiger partial charge on any atom is 0.407 e. The minimum atomic E-state index is -3.20. The highest BCUT2D eigenvalue weighted by Crippen LogP contribution is 2.59. The van der Waals surface area contributed by atoms with Crippen LogP contribution in [0.1, 0.15) is 87.2 Å². The van der Waals surface area contributed by atoms with E-state index < -0.39 is 18.1 Å². The summed E-state index contributed by atoms with van der Waals surface area (Å²) in [7, 11) is 1.28. The van der Waals surface area contributed by atoms with Gasteiger partial charge in [0, 0.05) is 29.3 Å². The summed E-state index contributed by atoms with van der Waals surface area (Å²) in [6.45, 7) is 4.35. The SMILES string of the molecule is COC(=O)NC(C(=O)N1CC2(CC2)C[C@H]1c1ncc(-c2ccc3c(c2)C(F)(F)c2cc(-c4ccc5nc(C6N[C@@H]7CC[C@H]6C7)[nH]c5c4)ccc2-3)[nH]1)C(C)C. The molecule has 2 amide bonds. The number of hydrogen-bond donors (Lipinski definition) is 4. The number of nitrogens with one attached hydrogen (secondary N) is 4. The van der Waals surface area contributed by atoms with E-state index in [2.05, 4.69) is 20.6 Å². The van der Waals surface area contributed by atoms with Gasteiger partial charge in [0.1, 0.15) is 17.7 Å². The van der Waals surface area contributed by atoms with Crippen molar-refractivity contribution in [1.29, 1.82) is 0 Å². The quantitative estimate of drug-likeness (QED) is 0.134. The number of H-pyrrole nitrogens is 2. The van der Waals surface area contributed by atoms with Gasteiger partial charge in [0.05, 0.1) is 42.1 Å². The molecule has 3 aromatic carbocycles. The lowest BCUT2D eigenvalue weighted by Crippen LogP contribution is -2.51. The number of hydrogen-bond acceptors (Lipinski definition) is 6. The maximum atomic E-state index is 16.4. The lowest BCUT2D eigenvalue weighted by molar-refractivity contribution is -0.135. The number of likely N-dealkylation sites (tertiary alicyclic amines) is 1. The molecule has 278 valence electrons. The average Bonchev–Trinajstić information content (AvgIpc) is 3.83. The van der Waals surface area contributed by atoms with Gasteiger partial charge in [-0.3, -0.25) is 4.79 Å². The Labute approximate surface area is 311 Å². The molecule has 54 heavy (non-hydrogen) atoms. The summed E-state index contributed by atoms with van der Waals surface area (Å²) in [4.78, 5) is 44.3. The minimum Gasteiger partial charge on any atom is -0.453 e. The molecule has 4 N–H and O–H groups in total. The third kappa shape index (κ3) is 5.27. The monoisotopic (exact) mass is 731 g/mol. The first kappa shape index (κ1) is 33.5. The van der Waals surface area contributed by atoms with Gasteiger partial charge < -0.3 is 30.2 Å². The number of alkyl halides is 2. The molecular formula is C42H43F2N7O3. The van der Waals surface area contributed by atoms with Crippen molar-refractivity contribution >= 4 is 23.0 Å². The second-order valence-electron chi connectivity index (χ2n) is 16.6. The smallest absolute Gasteiger partial charge is 0.407 e. The fourth-order valence-electron chi connectivity index (χ4n) is 9.69. The lowest BCUT2D eigenvalue weighted by Gasteiger charge is -2.30. The molecule has 1 spiro atoms. The van der Waals surface area contributed by atoms with E-state index in [0.717, 1.165) is 47.2 Å². The molecule has 2 aromatic heterocycles. The number of methoxy groups -OCH3 is 1. The number of aromatic nitrogens is 4. The summed E-state index contributed by atoms with van der Waals surface area (Å²) < 4.78 is 37.7. The van der Waals surface area contributed by atoms with Crippen LogP contribution in [0.4, 0.5) is 13.6 Å². The number of aromatic amines is 2. The number of nitrogens with zero attached hydrogens (tertiary/aromatic N) is 3. The van der Waals surface area contributed by atoms with Gasteiger partial charge in [-0.15, -0.1) is 0 Å². The molecule has 2 bridgehead atoms. The highest BCUT2D eigenvalue weighted by molar-refractivity contribution is 5.88. The summed E-state index contributed by atoms with van der Waals surface area (Å²) in [6.07, 6.45) is 7.46. The van der Waals surface area contributed by atoms with E-state index in [1.165, 1.54) is 26.4 Å². The molecule has 4 heterocycles. The number of rotatable bonds is 7. The van der Waals surface area contributed by atoms with Crippen LogP contribution in [0.5, 0.6) is 0 Å². The van der Waals surface area contributed by atoms with Crippen molar-refractivity contribution in [3.05, 3.63) is 83.6 Å². The number of piperidine rings is 1. The van der Waals surface area contributed by atoms with Crippen LogP contribution in [-0.2, 0) is 15.5 Å². The van der Waals surface area contributed by atoms with E-state index >= 15 is 8.78 Å². The number of amides is 2. The Hall–Kier alpha value is -5.10. The van der Waals surface area contributed by atoms with Gasteiger partial charge in [0.25, 0.3) is 5.92 Å². The van der Waals surface area contributed by atoms with Gasteiger partial charge in [-0.05, 0) is 102 Å². The minimum absolute atomic E-state index is 0.0101. The van der Waals surface area contributed by atoms with Crippen LogP contribution in [0.3, 0.4) is 0 Å². The highest BCUT2D eigenvalue weighted by Gasteiger charge is 2.55. The summed E-state index contributed by atoms with van der Waals surface area (Å²) in [5, 5.41) is 6.41. The van der Waals surface area contributed by atoms with Gasteiger partial charge in [-0.25, -0.2) is 14.8 Å². The van der Waals surface area contributed by atoms with Crippen LogP contribution in [0.15, 0.2) is 60.8 Å².